The Morgan fingerprint density at radius 2 is 1.86 bits per heavy atom. The van der Waals surface area contributed by atoms with Gasteiger partial charge in [0.2, 0.25) is 0 Å². The molecule has 0 radical (unpaired) electrons. The number of amides is 2. The molecule has 29 heavy (non-hydrogen) atoms. The van der Waals surface area contributed by atoms with E-state index in [1.165, 1.54) is 21.1 Å². The van der Waals surface area contributed by atoms with Crippen molar-refractivity contribution in [2.45, 2.75) is 19.4 Å². The standard InChI is InChI=1S/C20H20N2O6S/c1-12-15(8-13-4-5-17(27-2)18(9-13)28-3)19(23)22(20(24)16(12)10-21)14-6-7-29(25,26)11-14/h4-5,8-9,14H,6-7,11H2,1-3H3/b15-8+/t14-/m1/s1. The number of benzene rings is 1. The highest BCUT2D eigenvalue weighted by atomic mass is 32.2. The fourth-order valence-corrected chi connectivity index (χ4v) is 5.22. The molecule has 0 aliphatic carbocycles. The molecule has 152 valence electrons. The van der Waals surface area contributed by atoms with Gasteiger partial charge in [0, 0.05) is 5.57 Å². The van der Waals surface area contributed by atoms with Crippen molar-refractivity contribution >= 4 is 27.7 Å². The summed E-state index contributed by atoms with van der Waals surface area (Å²) in [4.78, 5) is 26.8. The van der Waals surface area contributed by atoms with E-state index >= 15 is 0 Å². The molecule has 3 rings (SSSR count). The zero-order valence-corrected chi connectivity index (χ0v) is 17.1. The van der Waals surface area contributed by atoms with Gasteiger partial charge in [-0.2, -0.15) is 5.26 Å². The Hall–Kier alpha value is -3.12. The quantitative estimate of drug-likeness (QED) is 0.539. The van der Waals surface area contributed by atoms with Crippen molar-refractivity contribution in [2.24, 2.45) is 0 Å². The van der Waals surface area contributed by atoms with Crippen LogP contribution in [0, 0.1) is 11.3 Å². The van der Waals surface area contributed by atoms with Crippen molar-refractivity contribution in [3.8, 4) is 17.6 Å². The summed E-state index contributed by atoms with van der Waals surface area (Å²) < 4.78 is 34.2. The van der Waals surface area contributed by atoms with E-state index in [1.807, 2.05) is 6.07 Å². The lowest BCUT2D eigenvalue weighted by molar-refractivity contribution is -0.142. The Labute approximate surface area is 168 Å². The molecule has 9 heteroatoms. The van der Waals surface area contributed by atoms with Crippen LogP contribution >= 0.6 is 0 Å². The molecular formula is C20H20N2O6S. The summed E-state index contributed by atoms with van der Waals surface area (Å²) in [6.07, 6.45) is 1.72. The number of methoxy groups -OCH3 is 2. The highest BCUT2D eigenvalue weighted by Gasteiger charge is 2.43. The van der Waals surface area contributed by atoms with Crippen LogP contribution in [0.2, 0.25) is 0 Å². The first-order chi connectivity index (χ1) is 13.7. The summed E-state index contributed by atoms with van der Waals surface area (Å²) >= 11 is 0. The maximum atomic E-state index is 13.1. The van der Waals surface area contributed by atoms with Crippen LogP contribution in [-0.4, -0.2) is 56.9 Å². The van der Waals surface area contributed by atoms with Gasteiger partial charge >= 0.3 is 0 Å². The molecule has 1 fully saturated rings. The highest BCUT2D eigenvalue weighted by molar-refractivity contribution is 7.91. The predicted octanol–water partition coefficient (Wildman–Crippen LogP) is 1.48. The molecule has 1 aromatic carbocycles. The van der Waals surface area contributed by atoms with Crippen LogP contribution in [0.15, 0.2) is 34.9 Å². The van der Waals surface area contributed by atoms with Gasteiger partial charge in [0.05, 0.1) is 31.8 Å². The van der Waals surface area contributed by atoms with E-state index in [4.69, 9.17) is 9.47 Å². The molecule has 0 aromatic heterocycles. The van der Waals surface area contributed by atoms with E-state index in [1.54, 1.807) is 24.3 Å². The fraction of sp³-hybridized carbons (Fsp3) is 0.350. The molecular weight excluding hydrogens is 396 g/mol. The number of imide groups is 1. The van der Waals surface area contributed by atoms with Crippen molar-refractivity contribution < 1.29 is 27.5 Å². The largest absolute Gasteiger partial charge is 0.493 e. The van der Waals surface area contributed by atoms with Crippen LogP contribution < -0.4 is 9.47 Å². The number of nitrogens with zero attached hydrogens (tertiary/aromatic N) is 2. The van der Waals surface area contributed by atoms with Gasteiger partial charge in [0.15, 0.2) is 21.3 Å². The zero-order valence-electron chi connectivity index (χ0n) is 16.3. The molecule has 2 heterocycles. The minimum absolute atomic E-state index is 0.0892. The van der Waals surface area contributed by atoms with Gasteiger partial charge in [-0.1, -0.05) is 6.07 Å². The third-order valence-electron chi connectivity index (χ3n) is 5.06. The van der Waals surface area contributed by atoms with E-state index in [-0.39, 0.29) is 34.6 Å². The second-order valence-electron chi connectivity index (χ2n) is 6.82. The van der Waals surface area contributed by atoms with E-state index in [0.29, 0.717) is 17.1 Å². The van der Waals surface area contributed by atoms with Crippen molar-refractivity contribution in [1.29, 1.82) is 5.26 Å². The summed E-state index contributed by atoms with van der Waals surface area (Å²) in [5.41, 5.74) is 0.865. The van der Waals surface area contributed by atoms with Gasteiger partial charge in [-0.05, 0) is 42.7 Å². The second-order valence-corrected chi connectivity index (χ2v) is 9.05. The summed E-state index contributed by atoms with van der Waals surface area (Å²) in [5.74, 6) is -0.755. The normalized spacial score (nSPS) is 22.8. The first kappa shape index (κ1) is 20.6. The molecule has 2 aliphatic heterocycles. The lowest BCUT2D eigenvalue weighted by atomic mass is 9.92. The van der Waals surface area contributed by atoms with Gasteiger partial charge in [-0.3, -0.25) is 14.5 Å². The topological polar surface area (TPSA) is 114 Å². The van der Waals surface area contributed by atoms with Crippen LogP contribution in [-0.2, 0) is 19.4 Å². The molecule has 0 spiro atoms. The van der Waals surface area contributed by atoms with Crippen molar-refractivity contribution in [3.05, 3.63) is 40.5 Å². The SMILES string of the molecule is COc1ccc(/C=C2/C(=O)N([C@@H]3CCS(=O)(=O)C3)C(=O)C(C#N)=C2C)cc1OC. The maximum Gasteiger partial charge on any atom is 0.271 e. The van der Waals surface area contributed by atoms with Crippen LogP contribution in [0.1, 0.15) is 18.9 Å². The average molecular weight is 416 g/mol. The summed E-state index contributed by atoms with van der Waals surface area (Å²) in [6, 6.07) is 6.13. The molecule has 1 saturated heterocycles. The van der Waals surface area contributed by atoms with E-state index in [0.717, 1.165) is 4.90 Å². The number of ether oxygens (including phenoxy) is 2. The Bertz CT molecular complexity index is 1090. The van der Waals surface area contributed by atoms with Crippen molar-refractivity contribution in [3.63, 3.8) is 0 Å². The average Bonchev–Trinajstić information content (AvgIpc) is 3.04. The predicted molar refractivity (Wildman–Crippen MR) is 105 cm³/mol. The van der Waals surface area contributed by atoms with Crippen LogP contribution in [0.4, 0.5) is 0 Å². The van der Waals surface area contributed by atoms with Crippen LogP contribution in [0.25, 0.3) is 6.08 Å². The number of sulfone groups is 1. The number of carbonyl (C=O) groups is 2. The lowest BCUT2D eigenvalue weighted by Crippen LogP contribution is -2.49. The molecule has 0 unspecified atom stereocenters. The van der Waals surface area contributed by atoms with Crippen LogP contribution in [0.5, 0.6) is 11.5 Å². The van der Waals surface area contributed by atoms with Crippen LogP contribution in [0.3, 0.4) is 0 Å². The first-order valence-corrected chi connectivity index (χ1v) is 10.7. The molecule has 0 N–H and O–H groups in total. The zero-order chi connectivity index (χ0) is 21.3. The van der Waals surface area contributed by atoms with E-state index in [9.17, 15) is 23.3 Å². The van der Waals surface area contributed by atoms with Gasteiger partial charge in [-0.25, -0.2) is 8.42 Å². The molecule has 1 aromatic rings. The van der Waals surface area contributed by atoms with Gasteiger partial charge in [-0.15, -0.1) is 0 Å². The third-order valence-corrected chi connectivity index (χ3v) is 6.82. The van der Waals surface area contributed by atoms with E-state index < -0.39 is 27.7 Å². The Morgan fingerprint density at radius 1 is 1.17 bits per heavy atom. The lowest BCUT2D eigenvalue weighted by Gasteiger charge is -2.31. The third kappa shape index (κ3) is 3.76. The smallest absolute Gasteiger partial charge is 0.271 e. The second kappa shape index (κ2) is 7.72. The van der Waals surface area contributed by atoms with Gasteiger partial charge in [0.25, 0.3) is 11.8 Å². The number of hydrogen-bond acceptors (Lipinski definition) is 7. The van der Waals surface area contributed by atoms with Gasteiger partial charge in [0.1, 0.15) is 11.6 Å². The number of nitriles is 1. The molecule has 8 nitrogen and oxygen atoms in total. The minimum atomic E-state index is -3.32. The molecule has 0 bridgehead atoms. The summed E-state index contributed by atoms with van der Waals surface area (Å²) in [5, 5.41) is 9.47. The van der Waals surface area contributed by atoms with Crippen molar-refractivity contribution in [1.82, 2.24) is 4.90 Å². The molecule has 0 saturated carbocycles. The number of hydrogen-bond donors (Lipinski definition) is 0. The first-order valence-electron chi connectivity index (χ1n) is 8.85. The Morgan fingerprint density at radius 3 is 2.41 bits per heavy atom. The monoisotopic (exact) mass is 416 g/mol. The summed E-state index contributed by atoms with van der Waals surface area (Å²) in [7, 11) is -0.325. The Balaban J connectivity index is 2.09. The molecule has 1 atom stereocenters. The molecule has 2 amide bonds. The van der Waals surface area contributed by atoms with Gasteiger partial charge < -0.3 is 9.47 Å². The van der Waals surface area contributed by atoms with E-state index in [2.05, 4.69) is 0 Å². The summed E-state index contributed by atoms with van der Waals surface area (Å²) in [6.45, 7) is 1.53. The highest BCUT2D eigenvalue weighted by Crippen LogP contribution is 2.33. The molecule has 2 aliphatic rings. The minimum Gasteiger partial charge on any atom is -0.493 e. The number of rotatable bonds is 4. The maximum absolute atomic E-state index is 13.1. The van der Waals surface area contributed by atoms with Crippen molar-refractivity contribution in [2.75, 3.05) is 25.7 Å². The fourth-order valence-electron chi connectivity index (χ4n) is 3.52. The number of carbonyl (C=O) groups excluding carboxylic acids is 2. The Kier molecular flexibility index (Phi) is 5.48.